The van der Waals surface area contributed by atoms with Gasteiger partial charge in [-0.05, 0) is 246 Å². The van der Waals surface area contributed by atoms with Crippen molar-refractivity contribution < 1.29 is 37.9 Å². The van der Waals surface area contributed by atoms with Crippen LogP contribution in [0.1, 0.15) is 156 Å². The SMILES string of the molecule is CCOc1cc2c(OCC)cc1Cc1cc(OCC)c(cc1OCC)Cc1cc(OCC)c(cc1OCC)Cc1cc(-c3ccc(C#Cc4ccc(C#Cc5ccccc5)cc4)cc3)c(cc1-c1ccc(C#Cc3ccc(C#Cc4ccccc4)cc3)cc1)Cc1cc(OCC)c(cc1OCC)C2. The molecule has 8 heteroatoms. The smallest absolute Gasteiger partial charge is 0.123 e. The summed E-state index contributed by atoms with van der Waals surface area (Å²) in [6.07, 6.45) is 2.46. The molecule has 514 valence electrons. The lowest BCUT2D eigenvalue weighted by Crippen LogP contribution is -2.08. The second kappa shape index (κ2) is 34.9. The van der Waals surface area contributed by atoms with Crippen LogP contribution in [0.4, 0.5) is 0 Å². The minimum atomic E-state index is 0.449. The fourth-order valence-corrected chi connectivity index (χ4v) is 12.9. The third kappa shape index (κ3) is 18.2. The summed E-state index contributed by atoms with van der Waals surface area (Å²) in [5.74, 6) is 32.9. The van der Waals surface area contributed by atoms with Crippen LogP contribution in [0.2, 0.25) is 0 Å². The lowest BCUT2D eigenvalue weighted by molar-refractivity contribution is 0.320. The highest BCUT2D eigenvalue weighted by molar-refractivity contribution is 5.79. The molecule has 0 N–H and O–H groups in total. The molecule has 0 amide bonds. The minimum Gasteiger partial charge on any atom is -0.494 e. The predicted molar refractivity (Wildman–Crippen MR) is 416 cm³/mol. The minimum absolute atomic E-state index is 0.449. The van der Waals surface area contributed by atoms with Gasteiger partial charge in [0.25, 0.3) is 0 Å². The van der Waals surface area contributed by atoms with Crippen LogP contribution in [0.15, 0.2) is 218 Å². The first kappa shape index (κ1) is 70.9. The number of rotatable bonds is 18. The Morgan fingerprint density at radius 3 is 0.544 bits per heavy atom. The lowest BCUT2D eigenvalue weighted by atomic mass is 9.85. The average Bonchev–Trinajstić information content (AvgIpc) is 1.21. The van der Waals surface area contributed by atoms with Crippen molar-refractivity contribution in [3.63, 3.8) is 0 Å². The third-order valence-electron chi connectivity index (χ3n) is 17.7. The van der Waals surface area contributed by atoms with Crippen molar-refractivity contribution in [2.24, 2.45) is 0 Å². The van der Waals surface area contributed by atoms with Crippen molar-refractivity contribution >= 4 is 0 Å². The zero-order chi connectivity index (χ0) is 71.3. The Hall–Kier alpha value is -11.9. The maximum absolute atomic E-state index is 6.77. The Morgan fingerprint density at radius 2 is 0.359 bits per heavy atom. The first-order valence-corrected chi connectivity index (χ1v) is 36.0. The van der Waals surface area contributed by atoms with Crippen LogP contribution in [0.25, 0.3) is 22.3 Å². The number of benzene rings is 11. The normalized spacial score (nSPS) is 11.3. The fraction of sp³-hybridized carbons (Fsp3) is 0.221. The summed E-state index contributed by atoms with van der Waals surface area (Å²) in [6.45, 7) is 19.9. The van der Waals surface area contributed by atoms with Crippen LogP contribution in [0.3, 0.4) is 0 Å². The molecule has 0 fully saturated rings. The molecular weight excluding hydrogens is 1270 g/mol. The topological polar surface area (TPSA) is 73.8 Å². The Labute approximate surface area is 608 Å². The van der Waals surface area contributed by atoms with Crippen LogP contribution in [-0.2, 0) is 32.1 Å². The van der Waals surface area contributed by atoms with Crippen LogP contribution < -0.4 is 37.9 Å². The molecule has 0 saturated carbocycles. The van der Waals surface area contributed by atoms with Gasteiger partial charge in [0.1, 0.15) is 46.0 Å². The van der Waals surface area contributed by atoms with Crippen molar-refractivity contribution in [2.75, 3.05) is 52.9 Å². The van der Waals surface area contributed by atoms with E-state index in [2.05, 4.69) is 157 Å². The maximum atomic E-state index is 6.77. The Balaban J connectivity index is 1.04. The molecule has 103 heavy (non-hydrogen) atoms. The summed E-state index contributed by atoms with van der Waals surface area (Å²) in [7, 11) is 0. The summed E-state index contributed by atoms with van der Waals surface area (Å²) in [5.41, 5.74) is 21.5. The van der Waals surface area contributed by atoms with Crippen molar-refractivity contribution in [1.29, 1.82) is 0 Å². The van der Waals surface area contributed by atoms with E-state index in [-0.39, 0.29) is 0 Å². The second-order valence-corrected chi connectivity index (χ2v) is 24.8. The Kier molecular flexibility index (Phi) is 24.0. The molecule has 0 heterocycles. The molecule has 0 atom stereocenters. The van der Waals surface area contributed by atoms with Gasteiger partial charge in [0.05, 0.1) is 52.9 Å². The molecule has 0 unspecified atom stereocenters. The van der Waals surface area contributed by atoms with E-state index in [4.69, 9.17) is 37.9 Å². The summed E-state index contributed by atoms with van der Waals surface area (Å²) < 4.78 is 53.3. The van der Waals surface area contributed by atoms with E-state index >= 15 is 0 Å². The van der Waals surface area contributed by atoms with Crippen molar-refractivity contribution in [1.82, 2.24) is 0 Å². The first-order chi connectivity index (χ1) is 50.6. The highest BCUT2D eigenvalue weighted by Crippen LogP contribution is 2.44. The maximum Gasteiger partial charge on any atom is 0.123 e. The van der Waals surface area contributed by atoms with Gasteiger partial charge in [0, 0.05) is 121 Å². The van der Waals surface area contributed by atoms with Crippen molar-refractivity contribution in [2.45, 2.75) is 87.5 Å². The molecule has 0 aliphatic heterocycles. The first-order valence-electron chi connectivity index (χ1n) is 36.0. The second-order valence-electron chi connectivity index (χ2n) is 24.8. The molecule has 8 nitrogen and oxygen atoms in total. The van der Waals surface area contributed by atoms with Gasteiger partial charge < -0.3 is 37.9 Å². The highest BCUT2D eigenvalue weighted by atomic mass is 16.5. The summed E-state index contributed by atoms with van der Waals surface area (Å²) >= 11 is 0. The summed E-state index contributed by atoms with van der Waals surface area (Å²) in [4.78, 5) is 0. The molecule has 21 rings (SSSR count). The molecule has 0 saturated heterocycles. The average molecular weight is 1360 g/mol. The molecule has 10 bridgehead atoms. The number of hydrogen-bond donors (Lipinski definition) is 0. The van der Waals surface area contributed by atoms with Gasteiger partial charge in [0.15, 0.2) is 0 Å². The zero-order valence-corrected chi connectivity index (χ0v) is 60.2. The molecule has 0 aromatic heterocycles. The molecule has 10 aliphatic rings. The van der Waals surface area contributed by atoms with Crippen LogP contribution in [0.5, 0.6) is 46.0 Å². The van der Waals surface area contributed by atoms with Gasteiger partial charge in [0.2, 0.25) is 0 Å². The van der Waals surface area contributed by atoms with E-state index < -0.39 is 0 Å². The Morgan fingerprint density at radius 1 is 0.194 bits per heavy atom. The van der Waals surface area contributed by atoms with Gasteiger partial charge in [-0.15, -0.1) is 0 Å². The van der Waals surface area contributed by atoms with E-state index in [9.17, 15) is 0 Å². The number of hydrogen-bond acceptors (Lipinski definition) is 8. The molecule has 11 aromatic rings. The highest BCUT2D eigenvalue weighted by Gasteiger charge is 2.25. The number of ether oxygens (including phenoxy) is 8. The van der Waals surface area contributed by atoms with Crippen LogP contribution >= 0.6 is 0 Å². The van der Waals surface area contributed by atoms with Crippen LogP contribution in [-0.4, -0.2) is 52.9 Å². The van der Waals surface area contributed by atoms with Gasteiger partial charge in [-0.2, -0.15) is 0 Å². The van der Waals surface area contributed by atoms with E-state index in [0.717, 1.165) is 168 Å². The van der Waals surface area contributed by atoms with E-state index in [1.54, 1.807) is 0 Å². The molecule has 11 aromatic carbocycles. The molecule has 0 spiro atoms. The van der Waals surface area contributed by atoms with E-state index in [0.29, 0.717) is 85.0 Å². The van der Waals surface area contributed by atoms with Gasteiger partial charge in [-0.3, -0.25) is 0 Å². The third-order valence-corrected chi connectivity index (χ3v) is 17.7. The van der Waals surface area contributed by atoms with Crippen LogP contribution in [0, 0.1) is 47.4 Å². The van der Waals surface area contributed by atoms with E-state index in [1.807, 2.05) is 165 Å². The molecule has 10 aliphatic carbocycles. The molecule has 0 radical (unpaired) electrons. The quantitative estimate of drug-likeness (QED) is 0.0787. The standard InChI is InChI=1S/C95H86O8/c1-9-96-88-60-80-53-82-62-94(102-15-7)84(64-92(82)100-13-5)55-85-65-93(101-14-6)83(63-95(85)103-16-8)54-81-61-89(97-10-2)79(59-91(81)99-12-4)52-77-57-86(74-47-43-72(44-48-74)41-39-70-35-31-68(32-36-70)29-27-66-23-19-17-20-24-66)76(51-78(88)58-90(80)98-11-3)56-87(77)75-49-45-73(46-50-75)42-40-71-37-33-69(34-38-71)30-28-67-25-21-18-22-26-67/h17-26,31-38,43-50,56-65H,9-16,51-55H2,1-8H3. The summed E-state index contributed by atoms with van der Waals surface area (Å²) in [5, 5.41) is 0. The van der Waals surface area contributed by atoms with Crippen molar-refractivity contribution in [3.8, 4) is 116 Å². The van der Waals surface area contributed by atoms with Gasteiger partial charge in [-0.25, -0.2) is 0 Å². The van der Waals surface area contributed by atoms with Crippen molar-refractivity contribution in [3.05, 3.63) is 319 Å². The van der Waals surface area contributed by atoms with Gasteiger partial charge in [-0.1, -0.05) is 108 Å². The predicted octanol–water partition coefficient (Wildman–Crippen LogP) is 20.1. The van der Waals surface area contributed by atoms with E-state index in [1.165, 1.54) is 0 Å². The van der Waals surface area contributed by atoms with Gasteiger partial charge >= 0.3 is 0 Å². The zero-order valence-electron chi connectivity index (χ0n) is 60.2. The lowest BCUT2D eigenvalue weighted by Gasteiger charge is -2.22. The fourth-order valence-electron chi connectivity index (χ4n) is 12.9. The Bertz CT molecular complexity index is 4710. The molecular formula is C95H86O8. The monoisotopic (exact) mass is 1350 g/mol. The largest absolute Gasteiger partial charge is 0.494 e. The summed E-state index contributed by atoms with van der Waals surface area (Å²) in [6, 6.07) is 75.4.